The summed E-state index contributed by atoms with van der Waals surface area (Å²) in [6.45, 7) is 1.68. The first-order valence-electron chi connectivity index (χ1n) is 2.80. The summed E-state index contributed by atoms with van der Waals surface area (Å²) in [6, 6.07) is 0. The average molecular weight is 286 g/mol. The van der Waals surface area contributed by atoms with Crippen LogP contribution in [0.1, 0.15) is 5.69 Å². The molecule has 0 aliphatic heterocycles. The van der Waals surface area contributed by atoms with Crippen LogP contribution in [0.25, 0.3) is 0 Å². The van der Waals surface area contributed by atoms with E-state index in [-0.39, 0.29) is 5.15 Å². The number of nitrogens with two attached hydrogens (primary N) is 1. The molecule has 1 aromatic rings. The third-order valence-electron chi connectivity index (χ3n) is 1.27. The van der Waals surface area contributed by atoms with Gasteiger partial charge < -0.3 is 5.73 Å². The molecule has 60 valence electrons. The summed E-state index contributed by atoms with van der Waals surface area (Å²) in [5, 5.41) is -0.124. The molecule has 0 saturated heterocycles. The molecule has 1 aromatic heterocycles. The van der Waals surface area contributed by atoms with E-state index >= 15 is 0 Å². The number of nitrogen functional groups attached to an aromatic ring is 1. The van der Waals surface area contributed by atoms with Crippen molar-refractivity contribution in [1.82, 2.24) is 4.98 Å². The summed E-state index contributed by atoms with van der Waals surface area (Å²) in [5.74, 6) is -0.546. The fourth-order valence-corrected chi connectivity index (χ4v) is 1.65. The van der Waals surface area contributed by atoms with E-state index in [1.165, 1.54) is 0 Å². The smallest absolute Gasteiger partial charge is 0.175 e. The van der Waals surface area contributed by atoms with Crippen LogP contribution in [0.4, 0.5) is 10.1 Å². The van der Waals surface area contributed by atoms with Crippen molar-refractivity contribution in [1.29, 1.82) is 0 Å². The summed E-state index contributed by atoms with van der Waals surface area (Å²) in [5.41, 5.74) is 6.39. The molecule has 0 bridgehead atoms. The number of aromatic nitrogens is 1. The third kappa shape index (κ3) is 1.56. The molecular weight excluding hydrogens is 281 g/mol. The molecule has 5 heteroatoms. The lowest BCUT2D eigenvalue weighted by molar-refractivity contribution is 0.614. The van der Waals surface area contributed by atoms with Gasteiger partial charge in [-0.3, -0.25) is 0 Å². The number of pyridine rings is 1. The minimum absolute atomic E-state index is 0.124. The summed E-state index contributed by atoms with van der Waals surface area (Å²) in [7, 11) is 0. The predicted molar refractivity (Wildman–Crippen MR) is 51.1 cm³/mol. The summed E-state index contributed by atoms with van der Waals surface area (Å²) in [6.07, 6.45) is 0. The van der Waals surface area contributed by atoms with Gasteiger partial charge in [-0.1, -0.05) is 11.6 Å². The van der Waals surface area contributed by atoms with Gasteiger partial charge in [0, 0.05) is 0 Å². The van der Waals surface area contributed by atoms with Crippen molar-refractivity contribution in [3.8, 4) is 0 Å². The van der Waals surface area contributed by atoms with E-state index in [4.69, 9.17) is 17.3 Å². The largest absolute Gasteiger partial charge is 0.396 e. The standard InChI is InChI=1S/C6H5ClFIN2/c1-2-5(10)4(9)3(8)6(7)11-2/h10H2,1H3. The van der Waals surface area contributed by atoms with Crippen LogP contribution in [0.3, 0.4) is 0 Å². The van der Waals surface area contributed by atoms with E-state index in [0.717, 1.165) is 0 Å². The number of halogens is 3. The van der Waals surface area contributed by atoms with Crippen LogP contribution < -0.4 is 5.73 Å². The maximum Gasteiger partial charge on any atom is 0.175 e. The van der Waals surface area contributed by atoms with Gasteiger partial charge in [-0.05, 0) is 29.5 Å². The molecule has 0 amide bonds. The van der Waals surface area contributed by atoms with Crippen LogP contribution in [0.5, 0.6) is 0 Å². The normalized spacial score (nSPS) is 10.2. The molecule has 0 aliphatic rings. The first-order chi connectivity index (χ1) is 5.04. The molecule has 0 radical (unpaired) electrons. The summed E-state index contributed by atoms with van der Waals surface area (Å²) < 4.78 is 13.2. The first-order valence-corrected chi connectivity index (χ1v) is 4.26. The second-order valence-electron chi connectivity index (χ2n) is 2.03. The Labute approximate surface area is 82.1 Å². The zero-order chi connectivity index (χ0) is 8.59. The second kappa shape index (κ2) is 3.10. The molecule has 0 fully saturated rings. The minimum Gasteiger partial charge on any atom is -0.396 e. The van der Waals surface area contributed by atoms with Crippen LogP contribution in [-0.4, -0.2) is 4.98 Å². The molecule has 0 aromatic carbocycles. The Morgan fingerprint density at radius 2 is 2.18 bits per heavy atom. The van der Waals surface area contributed by atoms with Gasteiger partial charge in [0.1, 0.15) is 0 Å². The van der Waals surface area contributed by atoms with Crippen molar-refractivity contribution in [2.24, 2.45) is 0 Å². The molecule has 0 unspecified atom stereocenters. The van der Waals surface area contributed by atoms with Crippen molar-refractivity contribution >= 4 is 39.9 Å². The number of hydrogen-bond donors (Lipinski definition) is 1. The zero-order valence-electron chi connectivity index (χ0n) is 5.66. The van der Waals surface area contributed by atoms with Crippen molar-refractivity contribution in [2.45, 2.75) is 6.92 Å². The predicted octanol–water partition coefficient (Wildman–Crippen LogP) is 2.37. The van der Waals surface area contributed by atoms with Gasteiger partial charge in [-0.25, -0.2) is 9.37 Å². The average Bonchev–Trinajstić information content (AvgIpc) is 1.97. The van der Waals surface area contributed by atoms with Crippen molar-refractivity contribution < 1.29 is 4.39 Å². The van der Waals surface area contributed by atoms with Gasteiger partial charge in [0.15, 0.2) is 11.0 Å². The zero-order valence-corrected chi connectivity index (χ0v) is 8.57. The molecule has 0 atom stereocenters. The van der Waals surface area contributed by atoms with Crippen LogP contribution in [-0.2, 0) is 0 Å². The lowest BCUT2D eigenvalue weighted by Crippen LogP contribution is -2.00. The van der Waals surface area contributed by atoms with Gasteiger partial charge >= 0.3 is 0 Å². The number of hydrogen-bond acceptors (Lipinski definition) is 2. The highest BCUT2D eigenvalue weighted by molar-refractivity contribution is 14.1. The topological polar surface area (TPSA) is 38.9 Å². The van der Waals surface area contributed by atoms with Gasteiger partial charge in [0.25, 0.3) is 0 Å². The van der Waals surface area contributed by atoms with E-state index in [0.29, 0.717) is 15.0 Å². The van der Waals surface area contributed by atoms with Crippen LogP contribution in [0.15, 0.2) is 0 Å². The Morgan fingerprint density at radius 3 is 2.73 bits per heavy atom. The third-order valence-corrected chi connectivity index (χ3v) is 2.57. The number of nitrogens with zero attached hydrogens (tertiary/aromatic N) is 1. The van der Waals surface area contributed by atoms with Crippen LogP contribution >= 0.6 is 34.2 Å². The molecule has 0 aliphatic carbocycles. The number of anilines is 1. The molecule has 1 rings (SSSR count). The maximum atomic E-state index is 12.9. The Kier molecular flexibility index (Phi) is 2.54. The second-order valence-corrected chi connectivity index (χ2v) is 3.47. The Morgan fingerprint density at radius 1 is 1.64 bits per heavy atom. The van der Waals surface area contributed by atoms with Gasteiger partial charge in [0.05, 0.1) is 15.0 Å². The molecule has 0 saturated carbocycles. The minimum atomic E-state index is -0.546. The summed E-state index contributed by atoms with van der Waals surface area (Å²) in [4.78, 5) is 3.69. The lowest BCUT2D eigenvalue weighted by Gasteiger charge is -2.03. The molecule has 2 nitrogen and oxygen atoms in total. The fourth-order valence-electron chi connectivity index (χ4n) is 0.624. The monoisotopic (exact) mass is 286 g/mol. The summed E-state index contributed by atoms with van der Waals surface area (Å²) >= 11 is 7.24. The van der Waals surface area contributed by atoms with E-state index in [2.05, 4.69) is 4.98 Å². The Hall–Kier alpha value is -0.100. The molecule has 0 spiro atoms. The Bertz CT molecular complexity index is 277. The van der Waals surface area contributed by atoms with Crippen LogP contribution in [0, 0.1) is 16.3 Å². The number of aryl methyl sites for hydroxylation is 1. The molecular formula is C6H5ClFIN2. The van der Waals surface area contributed by atoms with Crippen molar-refractivity contribution in [2.75, 3.05) is 5.73 Å². The molecule has 2 N–H and O–H groups in total. The molecule has 11 heavy (non-hydrogen) atoms. The molecule has 1 heterocycles. The SMILES string of the molecule is Cc1nc(Cl)c(F)c(I)c1N. The first kappa shape index (κ1) is 8.99. The maximum absolute atomic E-state index is 12.9. The van der Waals surface area contributed by atoms with Gasteiger partial charge in [-0.15, -0.1) is 0 Å². The number of rotatable bonds is 0. The van der Waals surface area contributed by atoms with E-state index in [1.54, 1.807) is 29.5 Å². The fraction of sp³-hybridized carbons (Fsp3) is 0.167. The van der Waals surface area contributed by atoms with Crippen molar-refractivity contribution in [3.63, 3.8) is 0 Å². The quantitative estimate of drug-likeness (QED) is 0.587. The van der Waals surface area contributed by atoms with Crippen LogP contribution in [0.2, 0.25) is 5.15 Å². The highest BCUT2D eigenvalue weighted by Crippen LogP contribution is 2.25. The van der Waals surface area contributed by atoms with E-state index in [1.807, 2.05) is 0 Å². The lowest BCUT2D eigenvalue weighted by atomic mass is 10.3. The highest BCUT2D eigenvalue weighted by atomic mass is 127. The van der Waals surface area contributed by atoms with Gasteiger partial charge in [0.2, 0.25) is 0 Å². The van der Waals surface area contributed by atoms with E-state index in [9.17, 15) is 4.39 Å². The van der Waals surface area contributed by atoms with E-state index < -0.39 is 5.82 Å². The Balaban J connectivity index is 3.46. The van der Waals surface area contributed by atoms with Gasteiger partial charge in [-0.2, -0.15) is 0 Å². The highest BCUT2D eigenvalue weighted by Gasteiger charge is 2.11. The van der Waals surface area contributed by atoms with Crippen molar-refractivity contribution in [3.05, 3.63) is 20.2 Å².